The summed E-state index contributed by atoms with van der Waals surface area (Å²) in [5.41, 5.74) is 0.00616. The number of benzene rings is 2. The molecule has 0 unspecified atom stereocenters. The van der Waals surface area contributed by atoms with Crippen molar-refractivity contribution in [2.45, 2.75) is 13.3 Å². The Bertz CT molecular complexity index is 963. The van der Waals surface area contributed by atoms with Crippen LogP contribution in [0.2, 0.25) is 0 Å². The second-order valence-corrected chi connectivity index (χ2v) is 6.03. The minimum absolute atomic E-state index is 0.0426. The van der Waals surface area contributed by atoms with Gasteiger partial charge >= 0.3 is 23.9 Å². The zero-order valence-electron chi connectivity index (χ0n) is 16.3. The van der Waals surface area contributed by atoms with Gasteiger partial charge in [0, 0.05) is 12.5 Å². The summed E-state index contributed by atoms with van der Waals surface area (Å²) in [5, 5.41) is 9.54. The maximum absolute atomic E-state index is 12.4. The summed E-state index contributed by atoms with van der Waals surface area (Å²) in [6, 6.07) is 10.6. The molecular weight excluding hydrogens is 392 g/mol. The lowest BCUT2D eigenvalue weighted by Crippen LogP contribution is -2.16. The maximum Gasteiger partial charge on any atom is 0.346 e. The SMILES string of the molecule is C=CC(=O)OCCCOc1ccc(C(=O)OC(=O)c2ccccc2)c(C)c1C(=O)O. The molecule has 0 amide bonds. The van der Waals surface area contributed by atoms with E-state index in [1.807, 2.05) is 0 Å². The van der Waals surface area contributed by atoms with Crippen molar-refractivity contribution in [2.75, 3.05) is 13.2 Å². The largest absolute Gasteiger partial charge is 0.493 e. The zero-order chi connectivity index (χ0) is 22.1. The van der Waals surface area contributed by atoms with Gasteiger partial charge in [-0.1, -0.05) is 24.8 Å². The molecule has 0 aliphatic heterocycles. The highest BCUT2D eigenvalue weighted by Gasteiger charge is 2.23. The van der Waals surface area contributed by atoms with E-state index < -0.39 is 23.9 Å². The number of hydrogen-bond acceptors (Lipinski definition) is 7. The molecule has 0 bridgehead atoms. The third kappa shape index (κ3) is 5.78. The summed E-state index contributed by atoms with van der Waals surface area (Å²) in [4.78, 5) is 47.1. The van der Waals surface area contributed by atoms with Gasteiger partial charge in [-0.2, -0.15) is 0 Å². The smallest absolute Gasteiger partial charge is 0.346 e. The van der Waals surface area contributed by atoms with Gasteiger partial charge in [0.1, 0.15) is 11.3 Å². The maximum atomic E-state index is 12.4. The van der Waals surface area contributed by atoms with Crippen molar-refractivity contribution in [1.82, 2.24) is 0 Å². The molecule has 0 saturated heterocycles. The van der Waals surface area contributed by atoms with Crippen molar-refractivity contribution in [3.63, 3.8) is 0 Å². The molecule has 30 heavy (non-hydrogen) atoms. The van der Waals surface area contributed by atoms with E-state index in [-0.39, 0.29) is 41.2 Å². The molecule has 0 aliphatic rings. The minimum Gasteiger partial charge on any atom is -0.493 e. The monoisotopic (exact) mass is 412 g/mol. The van der Waals surface area contributed by atoms with Crippen LogP contribution in [0.1, 0.15) is 43.1 Å². The van der Waals surface area contributed by atoms with Gasteiger partial charge in [-0.3, -0.25) is 0 Å². The Morgan fingerprint density at radius 3 is 2.33 bits per heavy atom. The van der Waals surface area contributed by atoms with Crippen molar-refractivity contribution in [3.05, 3.63) is 77.4 Å². The molecule has 0 saturated carbocycles. The number of esters is 3. The van der Waals surface area contributed by atoms with Gasteiger partial charge in [-0.25, -0.2) is 19.2 Å². The lowest BCUT2D eigenvalue weighted by atomic mass is 10.0. The molecule has 156 valence electrons. The van der Waals surface area contributed by atoms with Crippen molar-refractivity contribution in [2.24, 2.45) is 0 Å². The summed E-state index contributed by atoms with van der Waals surface area (Å²) >= 11 is 0. The topological polar surface area (TPSA) is 116 Å². The number of rotatable bonds is 9. The van der Waals surface area contributed by atoms with Crippen molar-refractivity contribution >= 4 is 23.9 Å². The fraction of sp³-hybridized carbons (Fsp3) is 0.182. The van der Waals surface area contributed by atoms with Gasteiger partial charge in [-0.05, 0) is 36.8 Å². The third-order valence-corrected chi connectivity index (χ3v) is 4.01. The van der Waals surface area contributed by atoms with Crippen LogP contribution in [0.5, 0.6) is 5.75 Å². The van der Waals surface area contributed by atoms with E-state index in [9.17, 15) is 24.3 Å². The van der Waals surface area contributed by atoms with Crippen LogP contribution in [0.25, 0.3) is 0 Å². The first-order valence-corrected chi connectivity index (χ1v) is 8.95. The quantitative estimate of drug-likeness (QED) is 0.289. The molecule has 2 aromatic rings. The lowest BCUT2D eigenvalue weighted by molar-refractivity contribution is -0.137. The predicted molar refractivity (Wildman–Crippen MR) is 106 cm³/mol. The standard InChI is InChI=1S/C22H20O8/c1-3-18(23)29-13-7-12-28-17-11-10-16(14(2)19(17)20(24)25)22(27)30-21(26)15-8-5-4-6-9-15/h3-6,8-11H,1,7,12-13H2,2H3,(H,24,25). The van der Waals surface area contributed by atoms with E-state index in [0.717, 1.165) is 6.08 Å². The van der Waals surface area contributed by atoms with Gasteiger partial charge in [0.25, 0.3) is 0 Å². The molecule has 2 rings (SSSR count). The fourth-order valence-corrected chi connectivity index (χ4v) is 2.54. The van der Waals surface area contributed by atoms with Crippen LogP contribution in [-0.4, -0.2) is 42.2 Å². The second-order valence-electron chi connectivity index (χ2n) is 6.03. The molecule has 0 aromatic heterocycles. The summed E-state index contributed by atoms with van der Waals surface area (Å²) in [6.45, 7) is 4.86. The molecule has 8 heteroatoms. The highest BCUT2D eigenvalue weighted by molar-refractivity contribution is 6.05. The first-order chi connectivity index (χ1) is 14.3. The lowest BCUT2D eigenvalue weighted by Gasteiger charge is -2.14. The van der Waals surface area contributed by atoms with Gasteiger partial charge in [0.2, 0.25) is 0 Å². The Kier molecular flexibility index (Phi) is 7.87. The van der Waals surface area contributed by atoms with Crippen molar-refractivity contribution in [1.29, 1.82) is 0 Å². The Morgan fingerprint density at radius 2 is 1.70 bits per heavy atom. The molecular formula is C22H20O8. The first kappa shape index (κ1) is 22.4. The van der Waals surface area contributed by atoms with Crippen LogP contribution in [0.15, 0.2) is 55.1 Å². The molecule has 0 spiro atoms. The van der Waals surface area contributed by atoms with Crippen LogP contribution >= 0.6 is 0 Å². The average molecular weight is 412 g/mol. The molecule has 1 N–H and O–H groups in total. The molecule has 0 fully saturated rings. The fourth-order valence-electron chi connectivity index (χ4n) is 2.54. The number of carboxylic acid groups (broad SMARTS) is 1. The number of carbonyl (C=O) groups is 4. The Hall–Kier alpha value is -3.94. The molecule has 0 radical (unpaired) electrons. The molecule has 0 heterocycles. The normalized spacial score (nSPS) is 10.0. The van der Waals surface area contributed by atoms with Crippen LogP contribution in [-0.2, 0) is 14.3 Å². The van der Waals surface area contributed by atoms with E-state index >= 15 is 0 Å². The zero-order valence-corrected chi connectivity index (χ0v) is 16.3. The summed E-state index contributed by atoms with van der Waals surface area (Å²) in [5.74, 6) is -3.63. The summed E-state index contributed by atoms with van der Waals surface area (Å²) < 4.78 is 15.1. The van der Waals surface area contributed by atoms with Crippen molar-refractivity contribution < 1.29 is 38.5 Å². The van der Waals surface area contributed by atoms with E-state index in [4.69, 9.17) is 14.2 Å². The van der Waals surface area contributed by atoms with Crippen LogP contribution in [0, 0.1) is 6.92 Å². The van der Waals surface area contributed by atoms with Gasteiger partial charge in [-0.15, -0.1) is 0 Å². The van der Waals surface area contributed by atoms with E-state index in [1.165, 1.54) is 31.2 Å². The van der Waals surface area contributed by atoms with E-state index in [0.29, 0.717) is 6.42 Å². The van der Waals surface area contributed by atoms with Crippen LogP contribution in [0.4, 0.5) is 0 Å². The number of carbonyl (C=O) groups excluding carboxylic acids is 3. The van der Waals surface area contributed by atoms with E-state index in [1.54, 1.807) is 18.2 Å². The Balaban J connectivity index is 2.11. The Labute approximate surface area is 172 Å². The highest BCUT2D eigenvalue weighted by Crippen LogP contribution is 2.26. The van der Waals surface area contributed by atoms with E-state index in [2.05, 4.69) is 6.58 Å². The summed E-state index contributed by atoms with van der Waals surface area (Å²) in [6.07, 6.45) is 1.36. The number of aromatic carboxylic acids is 1. The average Bonchev–Trinajstić information content (AvgIpc) is 2.73. The molecule has 0 aliphatic carbocycles. The second kappa shape index (κ2) is 10.6. The van der Waals surface area contributed by atoms with Gasteiger partial charge in [0.15, 0.2) is 0 Å². The van der Waals surface area contributed by atoms with Gasteiger partial charge in [0.05, 0.1) is 24.3 Å². The Morgan fingerprint density at radius 1 is 1.00 bits per heavy atom. The molecule has 2 aromatic carbocycles. The van der Waals surface area contributed by atoms with Gasteiger partial charge < -0.3 is 19.3 Å². The first-order valence-electron chi connectivity index (χ1n) is 8.95. The molecule has 8 nitrogen and oxygen atoms in total. The minimum atomic E-state index is -1.30. The summed E-state index contributed by atoms with van der Waals surface area (Å²) in [7, 11) is 0. The predicted octanol–water partition coefficient (Wildman–Crippen LogP) is 3.19. The molecule has 0 atom stereocenters. The van der Waals surface area contributed by atoms with Crippen molar-refractivity contribution in [3.8, 4) is 5.75 Å². The highest BCUT2D eigenvalue weighted by atomic mass is 16.6. The third-order valence-electron chi connectivity index (χ3n) is 4.01. The number of ether oxygens (including phenoxy) is 3. The number of hydrogen-bond donors (Lipinski definition) is 1. The van der Waals surface area contributed by atoms with Crippen LogP contribution < -0.4 is 4.74 Å². The van der Waals surface area contributed by atoms with Crippen LogP contribution in [0.3, 0.4) is 0 Å². The number of carboxylic acids is 1.